The molecule has 54 heavy (non-hydrogen) atoms. The largest absolute Gasteiger partial charge is 0.444 e. The number of carbonyl (C=O) groups excluding carboxylic acids is 2. The Morgan fingerprint density at radius 2 is 1.13 bits per heavy atom. The van der Waals surface area contributed by atoms with E-state index < -0.39 is 17.3 Å². The molecule has 0 spiro atoms. The Morgan fingerprint density at radius 3 is 1.57 bits per heavy atom. The second-order valence-electron chi connectivity index (χ2n) is 17.5. The van der Waals surface area contributed by atoms with Gasteiger partial charge in [0.05, 0.1) is 31.8 Å². The molecule has 7 rings (SSSR count). The lowest BCUT2D eigenvalue weighted by atomic mass is 9.89. The number of amides is 2. The first kappa shape index (κ1) is 42.5. The Balaban J connectivity index is 0.000000173. The fraction of sp³-hybridized carbons (Fsp3) is 0.667. The minimum atomic E-state index is -0.514. The first-order valence-electron chi connectivity index (χ1n) is 19.7. The molecular formula is C42H62Cl2N4O6. The fourth-order valence-electron chi connectivity index (χ4n) is 7.57. The van der Waals surface area contributed by atoms with Gasteiger partial charge in [-0.15, -0.1) is 0 Å². The number of halogens is 2. The van der Waals surface area contributed by atoms with Crippen molar-refractivity contribution in [2.45, 2.75) is 116 Å². The molecule has 2 N–H and O–H groups in total. The van der Waals surface area contributed by atoms with Crippen LogP contribution in [0.2, 0.25) is 10.0 Å². The zero-order chi connectivity index (χ0) is 39.0. The van der Waals surface area contributed by atoms with Gasteiger partial charge in [-0.2, -0.15) is 0 Å². The maximum atomic E-state index is 12.3. The summed E-state index contributed by atoms with van der Waals surface area (Å²) in [6.07, 6.45) is 6.62. The monoisotopic (exact) mass is 788 g/mol. The lowest BCUT2D eigenvalue weighted by molar-refractivity contribution is 0.0228. The maximum Gasteiger partial charge on any atom is 0.410 e. The summed E-state index contributed by atoms with van der Waals surface area (Å²) in [7, 11) is 0. The summed E-state index contributed by atoms with van der Waals surface area (Å²) >= 11 is 11.8. The molecule has 0 radical (unpaired) electrons. The predicted octanol–water partition coefficient (Wildman–Crippen LogP) is 7.46. The number of aliphatic hydroxyl groups is 1. The van der Waals surface area contributed by atoms with Crippen LogP contribution in [0, 0.1) is 11.8 Å². The smallest absolute Gasteiger partial charge is 0.410 e. The van der Waals surface area contributed by atoms with Crippen molar-refractivity contribution in [1.82, 2.24) is 20.0 Å². The average molecular weight is 790 g/mol. The normalized spacial score (nSPS) is 24.8. The number of nitrogens with one attached hydrogen (secondary N) is 1. The molecule has 2 aromatic carbocycles. The van der Waals surface area contributed by atoms with Crippen molar-refractivity contribution in [2.75, 3.05) is 52.4 Å². The fourth-order valence-corrected chi connectivity index (χ4v) is 7.82. The van der Waals surface area contributed by atoms with Gasteiger partial charge in [-0.25, -0.2) is 9.59 Å². The van der Waals surface area contributed by atoms with Gasteiger partial charge < -0.3 is 34.4 Å². The number of morpholine rings is 1. The highest BCUT2D eigenvalue weighted by Crippen LogP contribution is 2.31. The summed E-state index contributed by atoms with van der Waals surface area (Å²) < 4.78 is 15.9. The average Bonchev–Trinajstić information content (AvgIpc) is 3.51. The van der Waals surface area contributed by atoms with E-state index in [4.69, 9.17) is 37.4 Å². The van der Waals surface area contributed by atoms with Crippen LogP contribution in [-0.2, 0) is 27.1 Å². The number of carbonyl (C=O) groups is 2. The quantitative estimate of drug-likeness (QED) is 0.301. The number of β-amino-alcohol motifs (C(OH)–C–C–N with tert-alkyl or cyclic N) is 1. The number of piperidine rings is 2. The van der Waals surface area contributed by atoms with Crippen molar-refractivity contribution < 1.29 is 28.9 Å². The number of fused-ring (bicyclic) bond motifs is 1. The maximum absolute atomic E-state index is 12.3. The van der Waals surface area contributed by atoms with Crippen molar-refractivity contribution in [1.29, 1.82) is 0 Å². The number of hydrogen-bond acceptors (Lipinski definition) is 8. The molecule has 4 atom stereocenters. The van der Waals surface area contributed by atoms with E-state index in [1.807, 2.05) is 65.8 Å². The summed E-state index contributed by atoms with van der Waals surface area (Å²) in [6, 6.07) is 16.4. The van der Waals surface area contributed by atoms with E-state index in [2.05, 4.69) is 34.5 Å². The molecule has 300 valence electrons. The standard InChI is InChI=1S/C21H31ClN2O3.C12H16ClN.C9H15NO3/c1-21(2,3)27-20(26)24-13-18(19(25)14-24)23-10-8-16(9-11-23)12-15-4-6-17(22)7-5-15;13-12-3-1-10(2-4-12)9-11-5-7-14-8-6-11;1-9(2,3)13-8(11)10-4-6-7(5-10)12-6/h4-7,16,18-19,25H,8-14H2,1-3H3;1-4,11,14H,5-9H2;6-7H,4-5H2,1-3H3/t18-,19-;;/m1../s1. The van der Waals surface area contributed by atoms with Crippen molar-refractivity contribution in [3.05, 3.63) is 69.7 Å². The van der Waals surface area contributed by atoms with E-state index >= 15 is 0 Å². The lowest BCUT2D eigenvalue weighted by Crippen LogP contribution is -2.47. The molecule has 5 aliphatic heterocycles. The number of aliphatic hydroxyl groups excluding tert-OH is 1. The molecule has 0 aliphatic carbocycles. The van der Waals surface area contributed by atoms with Crippen LogP contribution in [0.25, 0.3) is 0 Å². The van der Waals surface area contributed by atoms with Gasteiger partial charge in [0.2, 0.25) is 0 Å². The van der Waals surface area contributed by atoms with Gasteiger partial charge in [-0.05, 0) is 153 Å². The molecular weight excluding hydrogens is 727 g/mol. The lowest BCUT2D eigenvalue weighted by Gasteiger charge is -2.37. The highest BCUT2D eigenvalue weighted by molar-refractivity contribution is 6.30. The van der Waals surface area contributed by atoms with Crippen molar-refractivity contribution in [3.63, 3.8) is 0 Å². The SMILES string of the molecule is CC(C)(C)OC(=O)N1CC2OC2C1.CC(C)(C)OC(=O)N1C[C@@H](O)[C@H](N2CCC(Cc3ccc(Cl)cc3)CC2)C1.Clc1ccc(CC2CCNCC2)cc1. The van der Waals surface area contributed by atoms with Crippen LogP contribution in [0.15, 0.2) is 48.5 Å². The molecule has 2 amide bonds. The first-order valence-corrected chi connectivity index (χ1v) is 20.5. The summed E-state index contributed by atoms with van der Waals surface area (Å²) in [5, 5.41) is 15.5. The summed E-state index contributed by atoms with van der Waals surface area (Å²) in [6.45, 7) is 17.8. The van der Waals surface area contributed by atoms with Crippen LogP contribution >= 0.6 is 23.2 Å². The Kier molecular flexibility index (Phi) is 15.0. The van der Waals surface area contributed by atoms with Crippen LogP contribution < -0.4 is 5.32 Å². The molecule has 0 aromatic heterocycles. The third kappa shape index (κ3) is 13.9. The molecule has 0 saturated carbocycles. The van der Waals surface area contributed by atoms with Crippen LogP contribution in [0.3, 0.4) is 0 Å². The van der Waals surface area contributed by atoms with Gasteiger partial charge in [0, 0.05) is 16.6 Å². The van der Waals surface area contributed by atoms with Gasteiger partial charge >= 0.3 is 12.2 Å². The number of benzene rings is 2. The molecule has 12 heteroatoms. The molecule has 10 nitrogen and oxygen atoms in total. The second-order valence-corrected chi connectivity index (χ2v) is 18.3. The molecule has 5 aliphatic rings. The van der Waals surface area contributed by atoms with E-state index in [1.54, 1.807) is 9.80 Å². The van der Waals surface area contributed by atoms with Crippen LogP contribution in [0.4, 0.5) is 9.59 Å². The number of likely N-dealkylation sites (tertiary alicyclic amines) is 3. The van der Waals surface area contributed by atoms with Crippen molar-refractivity contribution in [2.24, 2.45) is 11.8 Å². The molecule has 2 aromatic rings. The van der Waals surface area contributed by atoms with Crippen LogP contribution in [0.1, 0.15) is 78.4 Å². The minimum absolute atomic E-state index is 0.00833. The molecule has 2 unspecified atom stereocenters. The van der Waals surface area contributed by atoms with E-state index in [9.17, 15) is 14.7 Å². The Morgan fingerprint density at radius 1 is 0.704 bits per heavy atom. The predicted molar refractivity (Wildman–Crippen MR) is 214 cm³/mol. The second kappa shape index (κ2) is 19.0. The highest BCUT2D eigenvalue weighted by atomic mass is 35.5. The Bertz CT molecular complexity index is 1470. The third-order valence-electron chi connectivity index (χ3n) is 10.5. The summed E-state index contributed by atoms with van der Waals surface area (Å²) in [4.78, 5) is 29.4. The van der Waals surface area contributed by atoms with E-state index in [-0.39, 0.29) is 30.4 Å². The Labute approximate surface area is 332 Å². The summed E-state index contributed by atoms with van der Waals surface area (Å²) in [5.74, 6) is 1.51. The summed E-state index contributed by atoms with van der Waals surface area (Å²) in [5.41, 5.74) is 1.83. The Hall–Kier alpha value is -2.60. The van der Waals surface area contributed by atoms with E-state index in [0.29, 0.717) is 32.1 Å². The van der Waals surface area contributed by atoms with Crippen molar-refractivity contribution in [3.8, 4) is 0 Å². The molecule has 5 heterocycles. The number of ether oxygens (including phenoxy) is 3. The van der Waals surface area contributed by atoms with Crippen LogP contribution in [-0.4, -0.2) is 120 Å². The molecule has 0 bridgehead atoms. The van der Waals surface area contributed by atoms with Crippen LogP contribution in [0.5, 0.6) is 0 Å². The third-order valence-corrected chi connectivity index (χ3v) is 11.0. The van der Waals surface area contributed by atoms with Gasteiger partial charge in [0.1, 0.15) is 23.4 Å². The highest BCUT2D eigenvalue weighted by Gasteiger charge is 2.49. The number of epoxide rings is 1. The minimum Gasteiger partial charge on any atom is -0.444 e. The first-order chi connectivity index (χ1) is 25.5. The van der Waals surface area contributed by atoms with Gasteiger partial charge in [0.25, 0.3) is 0 Å². The topological polar surface area (TPSA) is 107 Å². The van der Waals surface area contributed by atoms with Gasteiger partial charge in [0.15, 0.2) is 0 Å². The zero-order valence-electron chi connectivity index (χ0n) is 33.1. The number of hydrogen-bond donors (Lipinski definition) is 2. The van der Waals surface area contributed by atoms with E-state index in [0.717, 1.165) is 48.3 Å². The molecule has 5 saturated heterocycles. The van der Waals surface area contributed by atoms with E-state index in [1.165, 1.54) is 43.5 Å². The zero-order valence-corrected chi connectivity index (χ0v) is 34.6. The number of rotatable bonds is 5. The number of nitrogens with zero attached hydrogens (tertiary/aromatic N) is 3. The van der Waals surface area contributed by atoms with Crippen molar-refractivity contribution >= 4 is 35.4 Å². The van der Waals surface area contributed by atoms with Gasteiger partial charge in [-0.1, -0.05) is 47.5 Å². The van der Waals surface area contributed by atoms with Gasteiger partial charge in [-0.3, -0.25) is 4.90 Å². The molecule has 5 fully saturated rings.